The molecule has 1 aliphatic heterocycles. The first-order valence-electron chi connectivity index (χ1n) is 9.02. The molecule has 2 heterocycles. The van der Waals surface area contributed by atoms with E-state index >= 15 is 0 Å². The maximum absolute atomic E-state index is 12.9. The minimum Gasteiger partial charge on any atom is -0.507 e. The first kappa shape index (κ1) is 20.3. The molecule has 0 spiro atoms. The number of phenolic OH excluding ortho intramolecular Hbond substituents is 1. The SMILES string of the molecule is Cc1cc(C(F)(F)F)cc(O)c1-c1cc(CO)c(N[C@@H]2CCCN(C)C2)nn1. The van der Waals surface area contributed by atoms with E-state index in [9.17, 15) is 23.4 Å². The topological polar surface area (TPSA) is 81.5 Å². The van der Waals surface area contributed by atoms with Crippen LogP contribution >= 0.6 is 0 Å². The zero-order valence-corrected chi connectivity index (χ0v) is 15.7. The molecule has 0 radical (unpaired) electrons. The van der Waals surface area contributed by atoms with Crippen LogP contribution in [-0.4, -0.2) is 51.5 Å². The molecule has 0 amide bonds. The first-order chi connectivity index (χ1) is 13.2. The van der Waals surface area contributed by atoms with Gasteiger partial charge >= 0.3 is 6.18 Å². The van der Waals surface area contributed by atoms with E-state index in [1.165, 1.54) is 13.0 Å². The van der Waals surface area contributed by atoms with Gasteiger partial charge in [-0.1, -0.05) is 0 Å². The molecule has 28 heavy (non-hydrogen) atoms. The van der Waals surface area contributed by atoms with Crippen molar-refractivity contribution in [1.29, 1.82) is 0 Å². The molecule has 3 N–H and O–H groups in total. The van der Waals surface area contributed by atoms with E-state index in [-0.39, 0.29) is 29.5 Å². The number of aromatic hydroxyl groups is 1. The standard InChI is InChI=1S/C19H23F3N4O2/c1-11-6-13(19(20,21)22)8-16(28)17(11)15-7-12(10-27)18(25-24-15)23-14-4-3-5-26(2)9-14/h6-8,14,27-28H,3-5,9-10H2,1-2H3,(H,23,25)/t14-/m1/s1. The highest BCUT2D eigenvalue weighted by Crippen LogP contribution is 2.38. The number of nitrogens with zero attached hydrogens (tertiary/aromatic N) is 3. The van der Waals surface area contributed by atoms with Crippen molar-refractivity contribution in [3.05, 3.63) is 34.9 Å². The Morgan fingerprint density at radius 3 is 2.61 bits per heavy atom. The van der Waals surface area contributed by atoms with Crippen molar-refractivity contribution in [2.45, 2.75) is 38.6 Å². The number of alkyl halides is 3. The number of aryl methyl sites for hydroxylation is 1. The average Bonchev–Trinajstić information content (AvgIpc) is 2.61. The summed E-state index contributed by atoms with van der Waals surface area (Å²) in [6.45, 7) is 3.03. The molecule has 0 unspecified atom stereocenters. The summed E-state index contributed by atoms with van der Waals surface area (Å²) in [5.74, 6) is -0.0873. The Bertz CT molecular complexity index is 835. The van der Waals surface area contributed by atoms with Crippen molar-refractivity contribution in [1.82, 2.24) is 15.1 Å². The van der Waals surface area contributed by atoms with Gasteiger partial charge < -0.3 is 20.4 Å². The Morgan fingerprint density at radius 2 is 2.00 bits per heavy atom. The Morgan fingerprint density at radius 1 is 1.25 bits per heavy atom. The van der Waals surface area contributed by atoms with Gasteiger partial charge in [-0.15, -0.1) is 10.2 Å². The van der Waals surface area contributed by atoms with Crippen molar-refractivity contribution in [3.63, 3.8) is 0 Å². The number of likely N-dealkylation sites (N-methyl/N-ethyl adjacent to an activating group) is 1. The molecule has 2 aromatic rings. The van der Waals surface area contributed by atoms with E-state index in [0.29, 0.717) is 17.4 Å². The quantitative estimate of drug-likeness (QED) is 0.737. The van der Waals surface area contributed by atoms with Gasteiger partial charge in [-0.25, -0.2) is 0 Å². The molecular weight excluding hydrogens is 373 g/mol. The summed E-state index contributed by atoms with van der Waals surface area (Å²) >= 11 is 0. The molecule has 1 saturated heterocycles. The lowest BCUT2D eigenvalue weighted by molar-refractivity contribution is -0.137. The summed E-state index contributed by atoms with van der Waals surface area (Å²) < 4.78 is 38.8. The predicted molar refractivity (Wildman–Crippen MR) is 98.9 cm³/mol. The molecule has 1 atom stereocenters. The van der Waals surface area contributed by atoms with Crippen LogP contribution in [0.25, 0.3) is 11.3 Å². The van der Waals surface area contributed by atoms with Gasteiger partial charge in [0, 0.05) is 23.7 Å². The second kappa shape index (κ2) is 7.92. The summed E-state index contributed by atoms with van der Waals surface area (Å²) in [7, 11) is 2.03. The number of benzene rings is 1. The molecule has 0 bridgehead atoms. The molecule has 9 heteroatoms. The number of halogens is 3. The zero-order chi connectivity index (χ0) is 20.5. The minimum atomic E-state index is -4.55. The van der Waals surface area contributed by atoms with E-state index in [2.05, 4.69) is 20.4 Å². The fraction of sp³-hybridized carbons (Fsp3) is 0.474. The number of phenols is 1. The number of hydrogen-bond acceptors (Lipinski definition) is 6. The third-order valence-corrected chi connectivity index (χ3v) is 4.91. The maximum atomic E-state index is 12.9. The Kier molecular flexibility index (Phi) is 5.76. The average molecular weight is 396 g/mol. The maximum Gasteiger partial charge on any atom is 0.416 e. The molecule has 152 valence electrons. The highest BCUT2D eigenvalue weighted by Gasteiger charge is 2.32. The molecule has 1 aromatic heterocycles. The highest BCUT2D eigenvalue weighted by atomic mass is 19.4. The number of aliphatic hydroxyl groups excluding tert-OH is 1. The normalized spacial score (nSPS) is 18.3. The smallest absolute Gasteiger partial charge is 0.416 e. The van der Waals surface area contributed by atoms with Gasteiger partial charge in [0.2, 0.25) is 0 Å². The van der Waals surface area contributed by atoms with Crippen LogP contribution in [0.4, 0.5) is 19.0 Å². The number of hydrogen-bond donors (Lipinski definition) is 3. The van der Waals surface area contributed by atoms with Crippen LogP contribution in [0.2, 0.25) is 0 Å². The van der Waals surface area contributed by atoms with E-state index in [1.807, 2.05) is 7.05 Å². The third-order valence-electron chi connectivity index (χ3n) is 4.91. The molecule has 6 nitrogen and oxygen atoms in total. The van der Waals surface area contributed by atoms with Crippen molar-refractivity contribution in [2.24, 2.45) is 0 Å². The van der Waals surface area contributed by atoms with Crippen LogP contribution < -0.4 is 5.32 Å². The molecule has 0 aliphatic carbocycles. The first-order valence-corrected chi connectivity index (χ1v) is 9.02. The number of likely N-dealkylation sites (tertiary alicyclic amines) is 1. The van der Waals surface area contributed by atoms with Gasteiger partial charge in [0.1, 0.15) is 5.75 Å². The Labute approximate surface area is 161 Å². The van der Waals surface area contributed by atoms with Crippen LogP contribution in [0.15, 0.2) is 18.2 Å². The van der Waals surface area contributed by atoms with Crippen LogP contribution in [0.5, 0.6) is 5.75 Å². The van der Waals surface area contributed by atoms with Crippen molar-refractivity contribution in [3.8, 4) is 17.0 Å². The van der Waals surface area contributed by atoms with Crippen LogP contribution in [0.3, 0.4) is 0 Å². The molecule has 1 aliphatic rings. The lowest BCUT2D eigenvalue weighted by atomic mass is 9.99. The molecule has 1 fully saturated rings. The van der Waals surface area contributed by atoms with Crippen LogP contribution in [0.1, 0.15) is 29.5 Å². The number of nitrogens with one attached hydrogen (secondary N) is 1. The van der Waals surface area contributed by atoms with Gasteiger partial charge in [-0.2, -0.15) is 13.2 Å². The number of aliphatic hydroxyl groups is 1. The molecule has 1 aromatic carbocycles. The van der Waals surface area contributed by atoms with Gasteiger partial charge in [0.15, 0.2) is 5.82 Å². The van der Waals surface area contributed by atoms with Crippen LogP contribution in [0, 0.1) is 6.92 Å². The second-order valence-corrected chi connectivity index (χ2v) is 7.19. The lowest BCUT2D eigenvalue weighted by Gasteiger charge is -2.30. The second-order valence-electron chi connectivity index (χ2n) is 7.19. The predicted octanol–water partition coefficient (Wildman–Crippen LogP) is 3.17. The Balaban J connectivity index is 1.92. The third kappa shape index (κ3) is 4.36. The number of aromatic nitrogens is 2. The number of anilines is 1. The summed E-state index contributed by atoms with van der Waals surface area (Å²) in [6.07, 6.45) is -2.53. The number of piperidine rings is 1. The fourth-order valence-electron chi connectivity index (χ4n) is 3.54. The van der Waals surface area contributed by atoms with Gasteiger partial charge in [-0.3, -0.25) is 0 Å². The van der Waals surface area contributed by atoms with E-state index in [1.54, 1.807) is 0 Å². The van der Waals surface area contributed by atoms with E-state index in [0.717, 1.165) is 32.0 Å². The van der Waals surface area contributed by atoms with Crippen LogP contribution in [-0.2, 0) is 12.8 Å². The minimum absolute atomic E-state index is 0.166. The van der Waals surface area contributed by atoms with E-state index < -0.39 is 17.5 Å². The number of rotatable bonds is 4. The molecule has 0 saturated carbocycles. The zero-order valence-electron chi connectivity index (χ0n) is 15.7. The van der Waals surface area contributed by atoms with Crippen molar-refractivity contribution < 1.29 is 23.4 Å². The fourth-order valence-corrected chi connectivity index (χ4v) is 3.54. The summed E-state index contributed by atoms with van der Waals surface area (Å²) in [6, 6.07) is 3.34. The monoisotopic (exact) mass is 396 g/mol. The van der Waals surface area contributed by atoms with E-state index in [4.69, 9.17) is 0 Å². The largest absolute Gasteiger partial charge is 0.507 e. The van der Waals surface area contributed by atoms with Crippen molar-refractivity contribution in [2.75, 3.05) is 25.5 Å². The molecule has 3 rings (SSSR count). The molecular formula is C19H23F3N4O2. The van der Waals surface area contributed by atoms with Gasteiger partial charge in [0.05, 0.1) is 17.9 Å². The summed E-state index contributed by atoms with van der Waals surface area (Å²) in [5.41, 5.74) is 0.136. The highest BCUT2D eigenvalue weighted by molar-refractivity contribution is 5.72. The summed E-state index contributed by atoms with van der Waals surface area (Å²) in [4.78, 5) is 2.20. The Hall–Kier alpha value is -2.39. The van der Waals surface area contributed by atoms with Gasteiger partial charge in [0.25, 0.3) is 0 Å². The summed E-state index contributed by atoms with van der Waals surface area (Å²) in [5, 5.41) is 31.4. The van der Waals surface area contributed by atoms with Gasteiger partial charge in [-0.05, 0) is 57.1 Å². The lowest BCUT2D eigenvalue weighted by Crippen LogP contribution is -2.40. The van der Waals surface area contributed by atoms with Crippen molar-refractivity contribution >= 4 is 5.82 Å².